The Hall–Kier alpha value is -2.32. The van der Waals surface area contributed by atoms with Crippen LogP contribution >= 0.6 is 0 Å². The number of aliphatic carboxylic acids is 1. The summed E-state index contributed by atoms with van der Waals surface area (Å²) in [5.41, 5.74) is -5.17. The molecule has 5 N–H and O–H groups in total. The van der Waals surface area contributed by atoms with Crippen LogP contribution in [0.5, 0.6) is 0 Å². The van der Waals surface area contributed by atoms with Crippen molar-refractivity contribution in [2.24, 2.45) is 29.6 Å². The number of Topliss-reactive ketones (excluding diaryl/α,β-unsaturated/α-hetero) is 1. The van der Waals surface area contributed by atoms with Crippen LogP contribution in [0.2, 0.25) is 0 Å². The molecule has 0 aliphatic carbocycles. The third-order valence-corrected chi connectivity index (χ3v) is 17.2. The van der Waals surface area contributed by atoms with Gasteiger partial charge in [0, 0.05) is 37.3 Å². The summed E-state index contributed by atoms with van der Waals surface area (Å²) >= 11 is 0. The van der Waals surface area contributed by atoms with E-state index >= 15 is 0 Å². The number of ether oxygens (including phenoxy) is 7. The average Bonchev–Trinajstić information content (AvgIpc) is 3.35. The molecule has 0 aromatic carbocycles. The van der Waals surface area contributed by atoms with Gasteiger partial charge in [0.25, 0.3) is 0 Å². The molecule has 0 amide bonds. The Morgan fingerprint density at radius 2 is 1.29 bits per heavy atom. The van der Waals surface area contributed by atoms with Crippen molar-refractivity contribution >= 4 is 23.7 Å². The number of cyclic esters (lactones) is 1. The molecule has 0 aromatic rings. The molecule has 3 heterocycles. The highest BCUT2D eigenvalue weighted by atomic mass is 16.7. The molecule has 0 saturated carbocycles. The quantitative estimate of drug-likeness (QED) is 0.0363. The number of carboxylic acids is 1. The fourth-order valence-corrected chi connectivity index (χ4v) is 12.3. The number of carbonyl (C=O) groups excluding carboxylic acids is 3. The molecular formula is C59H107NO16. The molecule has 3 aliphatic heterocycles. The van der Waals surface area contributed by atoms with Crippen LogP contribution in [0.15, 0.2) is 0 Å². The van der Waals surface area contributed by atoms with E-state index in [0.29, 0.717) is 19.3 Å². The molecule has 0 radical (unpaired) electrons. The number of methoxy groups -OCH3 is 1. The van der Waals surface area contributed by atoms with Gasteiger partial charge < -0.3 is 63.6 Å². The van der Waals surface area contributed by atoms with Gasteiger partial charge in [-0.3, -0.25) is 19.2 Å². The van der Waals surface area contributed by atoms with Crippen LogP contribution in [0, 0.1) is 29.6 Å². The lowest BCUT2D eigenvalue weighted by atomic mass is 9.74. The number of likely N-dealkylation sites (N-methyl/N-ethyl adjacent to an activating group) is 1. The number of aliphatic hydroxyl groups is 4. The van der Waals surface area contributed by atoms with Gasteiger partial charge in [-0.25, -0.2) is 0 Å². The number of esters is 2. The summed E-state index contributed by atoms with van der Waals surface area (Å²) in [6.07, 6.45) is 8.60. The third kappa shape index (κ3) is 19.7. The molecule has 0 aromatic heterocycles. The first-order valence-corrected chi connectivity index (χ1v) is 29.5. The number of aliphatic hydroxyl groups excluding tert-OH is 2. The van der Waals surface area contributed by atoms with E-state index in [0.717, 1.165) is 19.3 Å². The van der Waals surface area contributed by atoms with Crippen molar-refractivity contribution in [3.05, 3.63) is 0 Å². The van der Waals surface area contributed by atoms with Gasteiger partial charge >= 0.3 is 17.9 Å². The van der Waals surface area contributed by atoms with Crippen LogP contribution in [0.25, 0.3) is 0 Å². The molecule has 76 heavy (non-hydrogen) atoms. The van der Waals surface area contributed by atoms with Crippen LogP contribution in [0.4, 0.5) is 0 Å². The normalized spacial score (nSPS) is 37.6. The van der Waals surface area contributed by atoms with Gasteiger partial charge in [0.05, 0.1) is 54.4 Å². The number of carboxylic acid groups (broad SMARTS) is 1. The fourth-order valence-electron chi connectivity index (χ4n) is 12.3. The van der Waals surface area contributed by atoms with E-state index in [4.69, 9.17) is 33.2 Å². The first-order valence-electron chi connectivity index (χ1n) is 29.5. The summed E-state index contributed by atoms with van der Waals surface area (Å²) in [6.45, 7) is 18.5. The Balaban J connectivity index is 1.80. The van der Waals surface area contributed by atoms with Gasteiger partial charge in [-0.05, 0) is 81.3 Å². The minimum Gasteiger partial charge on any atom is -0.481 e. The van der Waals surface area contributed by atoms with Crippen LogP contribution in [-0.4, -0.2) is 160 Å². The van der Waals surface area contributed by atoms with Crippen LogP contribution in [0.3, 0.4) is 0 Å². The van der Waals surface area contributed by atoms with Gasteiger partial charge in [0.15, 0.2) is 18.7 Å². The number of hydrogen-bond acceptors (Lipinski definition) is 16. The van der Waals surface area contributed by atoms with Crippen molar-refractivity contribution < 1.29 is 77.9 Å². The van der Waals surface area contributed by atoms with Crippen molar-refractivity contribution in [1.29, 1.82) is 0 Å². The second-order valence-electron chi connectivity index (χ2n) is 24.3. The summed E-state index contributed by atoms with van der Waals surface area (Å²) in [6, 6.07) is -0.375. The summed E-state index contributed by atoms with van der Waals surface area (Å²) in [5.74, 6) is -8.03. The lowest BCUT2D eigenvalue weighted by molar-refractivity contribution is -0.318. The van der Waals surface area contributed by atoms with Crippen LogP contribution in [0.1, 0.15) is 217 Å². The Morgan fingerprint density at radius 3 is 1.79 bits per heavy atom. The minimum atomic E-state index is -2.06. The Morgan fingerprint density at radius 1 is 0.750 bits per heavy atom. The second kappa shape index (κ2) is 32.2. The predicted molar refractivity (Wildman–Crippen MR) is 290 cm³/mol. The van der Waals surface area contributed by atoms with Crippen molar-refractivity contribution in [3.63, 3.8) is 0 Å². The zero-order valence-corrected chi connectivity index (χ0v) is 49.5. The van der Waals surface area contributed by atoms with E-state index in [9.17, 15) is 44.7 Å². The monoisotopic (exact) mass is 1090 g/mol. The van der Waals surface area contributed by atoms with Crippen LogP contribution < -0.4 is 0 Å². The number of nitrogens with zero attached hydrogens (tertiary/aromatic N) is 1. The largest absolute Gasteiger partial charge is 0.481 e. The first-order chi connectivity index (χ1) is 35.7. The van der Waals surface area contributed by atoms with E-state index in [-0.39, 0.29) is 37.8 Å². The van der Waals surface area contributed by atoms with E-state index in [1.165, 1.54) is 105 Å². The van der Waals surface area contributed by atoms with Gasteiger partial charge in [0.2, 0.25) is 0 Å². The second-order valence-corrected chi connectivity index (χ2v) is 24.3. The molecular weight excluding hydrogens is 979 g/mol. The van der Waals surface area contributed by atoms with Gasteiger partial charge in [0.1, 0.15) is 29.2 Å². The molecule has 19 unspecified atom stereocenters. The molecule has 0 bridgehead atoms. The Labute approximate surface area is 457 Å². The molecule has 3 saturated heterocycles. The standard InChI is InChI=1S/C59H107NO16/c1-15-17-18-19-20-21-22-23-24-25-26-27-28-29-30-31-32-43(54(65)66)34-46(61)74-53-42(8)72-47(36-58(53,10)70-14)75-50-40(6)52(76-56-49(63)44(60(12)13)33-38(4)71-56)57(9,68)35-37(3)48(62)39(5)51(64)59(11,69)45(16-2)73-55(67)41(50)7/h37-45,47,49-53,56,63-64,68-69H,15-36H2,1-14H3,(H,65,66). The van der Waals surface area contributed by atoms with E-state index in [2.05, 4.69) is 6.92 Å². The summed E-state index contributed by atoms with van der Waals surface area (Å²) < 4.78 is 44.4. The number of unbranched alkanes of at least 4 members (excludes halogenated alkanes) is 15. The molecule has 19 atom stereocenters. The average molecular weight is 1090 g/mol. The predicted octanol–water partition coefficient (Wildman–Crippen LogP) is 9.08. The topological polar surface area (TPSA) is 237 Å². The number of ketones is 1. The van der Waals surface area contributed by atoms with Crippen molar-refractivity contribution in [1.82, 2.24) is 4.90 Å². The molecule has 17 heteroatoms. The summed E-state index contributed by atoms with van der Waals surface area (Å²) in [4.78, 5) is 56.5. The van der Waals surface area contributed by atoms with E-state index in [1.807, 2.05) is 25.9 Å². The maximum atomic E-state index is 14.5. The lowest BCUT2D eigenvalue weighted by Gasteiger charge is -2.49. The Bertz CT molecular complexity index is 1730. The molecule has 3 rings (SSSR count). The van der Waals surface area contributed by atoms with Crippen molar-refractivity contribution in [2.45, 2.75) is 302 Å². The molecule has 444 valence electrons. The molecule has 3 fully saturated rings. The highest BCUT2D eigenvalue weighted by molar-refractivity contribution is 5.83. The highest BCUT2D eigenvalue weighted by Gasteiger charge is 2.54. The molecule has 17 nitrogen and oxygen atoms in total. The smallest absolute Gasteiger partial charge is 0.311 e. The zero-order valence-electron chi connectivity index (χ0n) is 49.5. The minimum absolute atomic E-state index is 0.0331. The van der Waals surface area contributed by atoms with Gasteiger partial charge in [-0.2, -0.15) is 0 Å². The lowest BCUT2D eigenvalue weighted by Crippen LogP contribution is -2.61. The fraction of sp³-hybridized carbons (Fsp3) is 0.932. The van der Waals surface area contributed by atoms with Gasteiger partial charge in [-0.15, -0.1) is 0 Å². The zero-order chi connectivity index (χ0) is 57.1. The third-order valence-electron chi connectivity index (χ3n) is 17.2. The van der Waals surface area contributed by atoms with E-state index in [1.54, 1.807) is 41.5 Å². The maximum absolute atomic E-state index is 14.5. The summed E-state index contributed by atoms with van der Waals surface area (Å²) in [7, 11) is 5.14. The molecule has 0 spiro atoms. The number of hydrogen-bond donors (Lipinski definition) is 5. The van der Waals surface area contributed by atoms with Crippen molar-refractivity contribution in [2.75, 3.05) is 21.2 Å². The van der Waals surface area contributed by atoms with Gasteiger partial charge in [-0.1, -0.05) is 137 Å². The van der Waals surface area contributed by atoms with E-state index < -0.39 is 125 Å². The summed E-state index contributed by atoms with van der Waals surface area (Å²) in [5, 5.41) is 57.8. The highest BCUT2D eigenvalue weighted by Crippen LogP contribution is 2.42. The molecule has 3 aliphatic rings. The van der Waals surface area contributed by atoms with Crippen molar-refractivity contribution in [3.8, 4) is 0 Å². The first kappa shape index (κ1) is 68.0. The maximum Gasteiger partial charge on any atom is 0.311 e. The van der Waals surface area contributed by atoms with Crippen LogP contribution in [-0.2, 0) is 52.3 Å². The Kier molecular flexibility index (Phi) is 28.8. The number of rotatable bonds is 28. The number of carbonyl (C=O) groups is 4. The SMILES string of the molecule is CCCCCCCCCCCCCCCCCCC(CC(=O)OC1C(C)OC(OC2C(C)C(=O)OC(CC)C(C)(O)C(O)C(C)C(=O)C(C)CC(C)(O)C(OC3OC(C)CC(N(C)C)C3O)C2C)CC1(C)OC)C(=O)O.